The summed E-state index contributed by atoms with van der Waals surface area (Å²) < 4.78 is 25.8. The predicted molar refractivity (Wildman–Crippen MR) is 102 cm³/mol. The molecule has 1 aromatic carbocycles. The third-order valence-electron chi connectivity index (χ3n) is 4.20. The molecule has 0 saturated heterocycles. The Bertz CT molecular complexity index is 970. The number of aryl methyl sites for hydroxylation is 1. The van der Waals surface area contributed by atoms with Gasteiger partial charge in [0.25, 0.3) is 12.0 Å². The van der Waals surface area contributed by atoms with E-state index in [0.29, 0.717) is 12.1 Å². The summed E-state index contributed by atoms with van der Waals surface area (Å²) in [5.41, 5.74) is 3.45. The average Bonchev–Trinajstić information content (AvgIpc) is 3.04. The molecule has 0 amide bonds. The van der Waals surface area contributed by atoms with Crippen molar-refractivity contribution in [3.63, 3.8) is 0 Å². The maximum absolute atomic E-state index is 12.9. The second-order valence-electron chi connectivity index (χ2n) is 6.37. The molecule has 0 aliphatic heterocycles. The van der Waals surface area contributed by atoms with Crippen LogP contribution in [0.1, 0.15) is 28.3 Å². The van der Waals surface area contributed by atoms with Crippen LogP contribution in [0.4, 0.5) is 8.78 Å². The zero-order valence-corrected chi connectivity index (χ0v) is 15.9. The van der Waals surface area contributed by atoms with E-state index >= 15 is 0 Å². The van der Waals surface area contributed by atoms with E-state index in [0.717, 1.165) is 30.3 Å². The molecule has 3 rings (SSSR count). The third kappa shape index (κ3) is 5.05. The minimum atomic E-state index is -2.78. The van der Waals surface area contributed by atoms with Crippen LogP contribution in [-0.4, -0.2) is 33.4 Å². The van der Waals surface area contributed by atoms with Crippen molar-refractivity contribution in [2.24, 2.45) is 0 Å². The summed E-state index contributed by atoms with van der Waals surface area (Å²) in [5.74, 6) is 0.155. The Morgan fingerprint density at radius 2 is 2.11 bits per heavy atom. The minimum absolute atomic E-state index is 0.155. The van der Waals surface area contributed by atoms with Crippen LogP contribution >= 0.6 is 11.3 Å². The first-order valence-corrected chi connectivity index (χ1v) is 9.36. The first-order valence-electron chi connectivity index (χ1n) is 8.48. The lowest BCUT2D eigenvalue weighted by atomic mass is 10.1. The lowest BCUT2D eigenvalue weighted by molar-refractivity contribution is 0.146. The van der Waals surface area contributed by atoms with Crippen LogP contribution < -0.4 is 5.56 Å². The number of aromatic nitrogens is 3. The Morgan fingerprint density at radius 1 is 1.30 bits per heavy atom. The topological polar surface area (TPSA) is 61.9 Å². The van der Waals surface area contributed by atoms with Crippen molar-refractivity contribution in [2.75, 3.05) is 13.6 Å². The Labute approximate surface area is 159 Å². The molecular formula is C19H20F2N4OS. The van der Waals surface area contributed by atoms with Gasteiger partial charge in [0.15, 0.2) is 0 Å². The van der Waals surface area contributed by atoms with Crippen LogP contribution in [0.2, 0.25) is 0 Å². The molecule has 0 saturated carbocycles. The number of nitrogens with zero attached hydrogens (tertiary/aromatic N) is 3. The SMILES string of the molecule is Cc1ncsc1CCN(C)Cc1cccc(-c2nc(C(F)F)cc(=O)[nH]2)c1. The van der Waals surface area contributed by atoms with Crippen LogP contribution in [0.5, 0.6) is 0 Å². The van der Waals surface area contributed by atoms with Gasteiger partial charge in [-0.15, -0.1) is 11.3 Å². The van der Waals surface area contributed by atoms with Crippen LogP contribution in [0, 0.1) is 6.92 Å². The smallest absolute Gasteiger partial charge is 0.280 e. The first kappa shape index (κ1) is 19.3. The van der Waals surface area contributed by atoms with Crippen LogP contribution in [0.25, 0.3) is 11.4 Å². The monoisotopic (exact) mass is 390 g/mol. The van der Waals surface area contributed by atoms with Gasteiger partial charge in [0.2, 0.25) is 0 Å². The molecule has 0 aliphatic rings. The summed E-state index contributed by atoms with van der Waals surface area (Å²) in [7, 11) is 2.03. The van der Waals surface area contributed by atoms with Crippen molar-refractivity contribution in [1.29, 1.82) is 0 Å². The predicted octanol–water partition coefficient (Wildman–Crippen LogP) is 3.81. The highest BCUT2D eigenvalue weighted by Gasteiger charge is 2.13. The summed E-state index contributed by atoms with van der Waals surface area (Å²) in [6.07, 6.45) is -1.85. The van der Waals surface area contributed by atoms with E-state index in [1.165, 1.54) is 4.88 Å². The number of rotatable bonds is 7. The molecule has 0 radical (unpaired) electrons. The molecule has 0 bridgehead atoms. The normalized spacial score (nSPS) is 11.5. The van der Waals surface area contributed by atoms with Crippen molar-refractivity contribution < 1.29 is 8.78 Å². The number of hydrogen-bond donors (Lipinski definition) is 1. The standard InChI is InChI=1S/C19H20F2N4OS/c1-12-16(27-11-22-12)6-7-25(2)10-13-4-3-5-14(8-13)19-23-15(18(20)21)9-17(26)24-19/h3-5,8-9,11,18H,6-7,10H2,1-2H3,(H,23,24,26). The fraction of sp³-hybridized carbons (Fsp3) is 0.316. The average molecular weight is 390 g/mol. The van der Waals surface area contributed by atoms with Gasteiger partial charge in [-0.1, -0.05) is 18.2 Å². The molecular weight excluding hydrogens is 370 g/mol. The van der Waals surface area contributed by atoms with Crippen molar-refractivity contribution in [1.82, 2.24) is 19.9 Å². The number of likely N-dealkylation sites (N-methyl/N-ethyl adjacent to an activating group) is 1. The van der Waals surface area contributed by atoms with E-state index in [1.807, 2.05) is 37.7 Å². The molecule has 0 atom stereocenters. The van der Waals surface area contributed by atoms with E-state index in [2.05, 4.69) is 19.9 Å². The van der Waals surface area contributed by atoms with E-state index in [1.54, 1.807) is 17.4 Å². The molecule has 0 unspecified atom stereocenters. The van der Waals surface area contributed by atoms with Gasteiger partial charge in [-0.05, 0) is 32.0 Å². The van der Waals surface area contributed by atoms with Crippen LogP contribution in [-0.2, 0) is 13.0 Å². The van der Waals surface area contributed by atoms with Crippen molar-refractivity contribution in [3.05, 3.63) is 68.0 Å². The zero-order chi connectivity index (χ0) is 19.4. The highest BCUT2D eigenvalue weighted by Crippen LogP contribution is 2.20. The zero-order valence-electron chi connectivity index (χ0n) is 15.1. The molecule has 27 heavy (non-hydrogen) atoms. The number of hydrogen-bond acceptors (Lipinski definition) is 5. The molecule has 3 aromatic rings. The van der Waals surface area contributed by atoms with Crippen molar-refractivity contribution >= 4 is 11.3 Å². The van der Waals surface area contributed by atoms with Gasteiger partial charge in [-0.3, -0.25) is 4.79 Å². The molecule has 2 aromatic heterocycles. The summed E-state index contributed by atoms with van der Waals surface area (Å²) >= 11 is 1.66. The molecule has 5 nitrogen and oxygen atoms in total. The largest absolute Gasteiger partial charge is 0.307 e. The Hall–Kier alpha value is -2.45. The fourth-order valence-electron chi connectivity index (χ4n) is 2.79. The quantitative estimate of drug-likeness (QED) is 0.666. The first-order chi connectivity index (χ1) is 12.9. The Balaban J connectivity index is 1.72. The lowest BCUT2D eigenvalue weighted by Gasteiger charge is -2.17. The number of halogens is 2. The van der Waals surface area contributed by atoms with Gasteiger partial charge in [0.05, 0.1) is 11.2 Å². The summed E-state index contributed by atoms with van der Waals surface area (Å²) in [6, 6.07) is 8.24. The Kier molecular flexibility index (Phi) is 6.08. The molecule has 0 aliphatic carbocycles. The lowest BCUT2D eigenvalue weighted by Crippen LogP contribution is -2.20. The van der Waals surface area contributed by atoms with Gasteiger partial charge in [0, 0.05) is 29.6 Å². The number of benzene rings is 1. The summed E-state index contributed by atoms with van der Waals surface area (Å²) in [4.78, 5) is 25.8. The number of thiazole rings is 1. The molecule has 142 valence electrons. The molecule has 1 N–H and O–H groups in total. The van der Waals surface area contributed by atoms with E-state index in [9.17, 15) is 13.6 Å². The van der Waals surface area contributed by atoms with Gasteiger partial charge in [0.1, 0.15) is 11.5 Å². The number of nitrogens with one attached hydrogen (secondary N) is 1. The van der Waals surface area contributed by atoms with Gasteiger partial charge in [-0.2, -0.15) is 0 Å². The second kappa shape index (κ2) is 8.49. The highest BCUT2D eigenvalue weighted by atomic mass is 32.1. The summed E-state index contributed by atoms with van der Waals surface area (Å²) in [5, 5.41) is 0. The number of H-pyrrole nitrogens is 1. The highest BCUT2D eigenvalue weighted by molar-refractivity contribution is 7.09. The third-order valence-corrected chi connectivity index (χ3v) is 5.20. The van der Waals surface area contributed by atoms with Gasteiger partial charge in [-0.25, -0.2) is 18.7 Å². The molecule has 0 fully saturated rings. The summed E-state index contributed by atoms with van der Waals surface area (Å²) in [6.45, 7) is 3.59. The fourth-order valence-corrected chi connectivity index (χ4v) is 3.56. The number of aromatic amines is 1. The molecule has 0 spiro atoms. The maximum Gasteiger partial charge on any atom is 0.280 e. The molecule has 8 heteroatoms. The van der Waals surface area contributed by atoms with Crippen LogP contribution in [0.3, 0.4) is 0 Å². The van der Waals surface area contributed by atoms with E-state index in [4.69, 9.17) is 0 Å². The number of alkyl halides is 2. The van der Waals surface area contributed by atoms with E-state index < -0.39 is 17.7 Å². The van der Waals surface area contributed by atoms with Gasteiger partial charge < -0.3 is 9.88 Å². The van der Waals surface area contributed by atoms with Crippen LogP contribution in [0.15, 0.2) is 40.6 Å². The Morgan fingerprint density at radius 3 is 2.81 bits per heavy atom. The van der Waals surface area contributed by atoms with Gasteiger partial charge >= 0.3 is 0 Å². The van der Waals surface area contributed by atoms with Crippen molar-refractivity contribution in [2.45, 2.75) is 26.3 Å². The maximum atomic E-state index is 12.9. The van der Waals surface area contributed by atoms with E-state index in [-0.39, 0.29) is 5.82 Å². The van der Waals surface area contributed by atoms with Crippen molar-refractivity contribution in [3.8, 4) is 11.4 Å². The molecule has 2 heterocycles. The minimum Gasteiger partial charge on any atom is -0.307 e. The second-order valence-corrected chi connectivity index (χ2v) is 7.31.